The van der Waals surface area contributed by atoms with Crippen LogP contribution in [0.25, 0.3) is 0 Å². The van der Waals surface area contributed by atoms with Gasteiger partial charge in [0.1, 0.15) is 0 Å². The van der Waals surface area contributed by atoms with E-state index in [1.54, 1.807) is 6.07 Å². The third-order valence-corrected chi connectivity index (χ3v) is 5.08. The monoisotopic (exact) mass is 335 g/mol. The zero-order valence-electron chi connectivity index (χ0n) is 13.2. The molecule has 2 aliphatic rings. The van der Waals surface area contributed by atoms with Gasteiger partial charge in [-0.05, 0) is 37.5 Å². The highest BCUT2D eigenvalue weighted by molar-refractivity contribution is 6.31. The van der Waals surface area contributed by atoms with Gasteiger partial charge in [0.25, 0.3) is 0 Å². The number of benzene rings is 1. The molecule has 2 fully saturated rings. The van der Waals surface area contributed by atoms with Crippen molar-refractivity contribution in [1.29, 1.82) is 0 Å². The van der Waals surface area contributed by atoms with Crippen molar-refractivity contribution in [1.82, 2.24) is 10.6 Å². The average molecular weight is 336 g/mol. The molecule has 5 nitrogen and oxygen atoms in total. The Morgan fingerprint density at radius 1 is 1.30 bits per heavy atom. The minimum absolute atomic E-state index is 0.0785. The van der Waals surface area contributed by atoms with Crippen molar-refractivity contribution in [3.8, 4) is 0 Å². The molecule has 1 aromatic rings. The zero-order chi connectivity index (χ0) is 16.4. The van der Waals surface area contributed by atoms with Gasteiger partial charge in [0, 0.05) is 22.8 Å². The van der Waals surface area contributed by atoms with E-state index in [9.17, 15) is 9.59 Å². The van der Waals surface area contributed by atoms with Crippen LogP contribution in [0.5, 0.6) is 0 Å². The summed E-state index contributed by atoms with van der Waals surface area (Å²) in [5.41, 5.74) is 1.61. The molecule has 1 aliphatic carbocycles. The highest BCUT2D eigenvalue weighted by Crippen LogP contribution is 2.23. The van der Waals surface area contributed by atoms with Gasteiger partial charge in [0.05, 0.1) is 12.5 Å². The molecule has 1 heterocycles. The molecule has 0 bridgehead atoms. The molecule has 3 atom stereocenters. The lowest BCUT2D eigenvalue weighted by molar-refractivity contribution is -0.129. The van der Waals surface area contributed by atoms with E-state index < -0.39 is 6.04 Å². The van der Waals surface area contributed by atoms with E-state index in [1.165, 1.54) is 6.42 Å². The predicted molar refractivity (Wildman–Crippen MR) is 90.5 cm³/mol. The van der Waals surface area contributed by atoms with Crippen LogP contribution < -0.4 is 16.0 Å². The number of amides is 2. The molecule has 0 spiro atoms. The average Bonchev–Trinajstić information content (AvgIpc) is 2.51. The topological polar surface area (TPSA) is 70.2 Å². The van der Waals surface area contributed by atoms with E-state index in [0.717, 1.165) is 24.8 Å². The van der Waals surface area contributed by atoms with Crippen molar-refractivity contribution >= 4 is 29.1 Å². The summed E-state index contributed by atoms with van der Waals surface area (Å²) in [7, 11) is 0. The molecular weight excluding hydrogens is 314 g/mol. The predicted octanol–water partition coefficient (Wildman–Crippen LogP) is 2.38. The van der Waals surface area contributed by atoms with E-state index >= 15 is 0 Å². The summed E-state index contributed by atoms with van der Waals surface area (Å²) in [6, 6.07) is 5.43. The lowest BCUT2D eigenvalue weighted by Crippen LogP contribution is -2.65. The Hall–Kier alpha value is -1.59. The van der Waals surface area contributed by atoms with Crippen LogP contribution in [-0.4, -0.2) is 29.9 Å². The maximum Gasteiger partial charge on any atom is 0.237 e. The largest absolute Gasteiger partial charge is 0.350 e. The fourth-order valence-corrected chi connectivity index (χ4v) is 3.52. The first-order valence-electron chi connectivity index (χ1n) is 8.15. The molecule has 3 rings (SSSR count). The molecule has 3 N–H and O–H groups in total. The number of hydrogen-bond acceptors (Lipinski definition) is 3. The minimum Gasteiger partial charge on any atom is -0.350 e. The molecule has 23 heavy (non-hydrogen) atoms. The van der Waals surface area contributed by atoms with Crippen LogP contribution in [0.3, 0.4) is 0 Å². The van der Waals surface area contributed by atoms with Gasteiger partial charge in [-0.2, -0.15) is 0 Å². The molecule has 1 aliphatic heterocycles. The van der Waals surface area contributed by atoms with Gasteiger partial charge >= 0.3 is 0 Å². The van der Waals surface area contributed by atoms with E-state index in [2.05, 4.69) is 16.0 Å². The van der Waals surface area contributed by atoms with Gasteiger partial charge in [-0.25, -0.2) is 0 Å². The van der Waals surface area contributed by atoms with Crippen molar-refractivity contribution in [3.63, 3.8) is 0 Å². The maximum absolute atomic E-state index is 12.2. The smallest absolute Gasteiger partial charge is 0.237 e. The molecule has 124 valence electrons. The number of hydrogen-bond donors (Lipinski definition) is 3. The minimum atomic E-state index is -0.463. The number of halogens is 1. The molecule has 0 aromatic heterocycles. The van der Waals surface area contributed by atoms with E-state index in [-0.39, 0.29) is 30.3 Å². The van der Waals surface area contributed by atoms with Crippen molar-refractivity contribution in [2.75, 3.05) is 5.32 Å². The van der Waals surface area contributed by atoms with Crippen molar-refractivity contribution in [2.45, 2.75) is 57.2 Å². The Morgan fingerprint density at radius 3 is 2.78 bits per heavy atom. The Labute approximate surface area is 141 Å². The molecule has 6 heteroatoms. The van der Waals surface area contributed by atoms with Crippen molar-refractivity contribution < 1.29 is 9.59 Å². The van der Waals surface area contributed by atoms with E-state index in [4.69, 9.17) is 11.6 Å². The Bertz CT molecular complexity index is 620. The zero-order valence-corrected chi connectivity index (χ0v) is 14.0. The highest BCUT2D eigenvalue weighted by Gasteiger charge is 2.36. The van der Waals surface area contributed by atoms with Crippen LogP contribution in [0, 0.1) is 6.92 Å². The number of fused-ring (bicyclic) bond motifs is 1. The van der Waals surface area contributed by atoms with Crippen LogP contribution in [0.15, 0.2) is 18.2 Å². The third kappa shape index (κ3) is 3.85. The fourth-order valence-electron chi connectivity index (χ4n) is 3.34. The Morgan fingerprint density at radius 2 is 2.04 bits per heavy atom. The molecule has 0 unspecified atom stereocenters. The summed E-state index contributed by atoms with van der Waals surface area (Å²) in [4.78, 5) is 24.4. The van der Waals surface area contributed by atoms with Crippen LogP contribution in [0.4, 0.5) is 5.69 Å². The quantitative estimate of drug-likeness (QED) is 0.794. The number of rotatable bonds is 3. The second-order valence-corrected chi connectivity index (χ2v) is 6.85. The normalized spacial score (nSPS) is 27.0. The molecule has 1 saturated heterocycles. The SMILES string of the molecule is Cc1ccc(NC(=O)C[C@@H]2N[C@@H]3CCCC[C@@H]3NC2=O)cc1Cl. The van der Waals surface area contributed by atoms with Gasteiger partial charge in [-0.1, -0.05) is 30.5 Å². The summed E-state index contributed by atoms with van der Waals surface area (Å²) in [5.74, 6) is -0.267. The first-order valence-corrected chi connectivity index (χ1v) is 8.53. The van der Waals surface area contributed by atoms with Gasteiger partial charge < -0.3 is 16.0 Å². The number of anilines is 1. The molecule has 1 aromatic carbocycles. The standard InChI is InChI=1S/C17H22ClN3O2/c1-10-6-7-11(8-12(10)18)19-16(22)9-15-17(23)21-14-5-3-2-4-13(14)20-15/h6-8,13-15,20H,2-5,9H2,1H3,(H,19,22)(H,21,23)/t13-,14+,15+/m1/s1. The molecule has 2 amide bonds. The van der Waals surface area contributed by atoms with Crippen molar-refractivity contribution in [2.24, 2.45) is 0 Å². The number of nitrogens with one attached hydrogen (secondary N) is 3. The second kappa shape index (κ2) is 6.89. The lowest BCUT2D eigenvalue weighted by atomic mass is 9.87. The fraction of sp³-hybridized carbons (Fsp3) is 0.529. The third-order valence-electron chi connectivity index (χ3n) is 4.67. The lowest BCUT2D eigenvalue weighted by Gasteiger charge is -2.40. The number of carbonyl (C=O) groups is 2. The number of piperazine rings is 1. The van der Waals surface area contributed by atoms with Gasteiger partial charge in [0.15, 0.2) is 0 Å². The maximum atomic E-state index is 12.2. The van der Waals surface area contributed by atoms with Crippen LogP contribution >= 0.6 is 11.6 Å². The number of carbonyl (C=O) groups excluding carboxylic acids is 2. The highest BCUT2D eigenvalue weighted by atomic mass is 35.5. The number of aryl methyl sites for hydroxylation is 1. The Kier molecular flexibility index (Phi) is 4.87. The Balaban J connectivity index is 1.58. The molecular formula is C17H22ClN3O2. The van der Waals surface area contributed by atoms with Gasteiger partial charge in [0.2, 0.25) is 11.8 Å². The molecule has 0 radical (unpaired) electrons. The summed E-state index contributed by atoms with van der Waals surface area (Å²) >= 11 is 6.06. The van der Waals surface area contributed by atoms with Crippen LogP contribution in [-0.2, 0) is 9.59 Å². The van der Waals surface area contributed by atoms with E-state index in [0.29, 0.717) is 10.7 Å². The van der Waals surface area contributed by atoms with Crippen molar-refractivity contribution in [3.05, 3.63) is 28.8 Å². The van der Waals surface area contributed by atoms with E-state index in [1.807, 2.05) is 19.1 Å². The van der Waals surface area contributed by atoms with Gasteiger partial charge in [-0.15, -0.1) is 0 Å². The molecule has 1 saturated carbocycles. The summed E-state index contributed by atoms with van der Waals surface area (Å²) in [5, 5.41) is 9.81. The second-order valence-electron chi connectivity index (χ2n) is 6.44. The van der Waals surface area contributed by atoms with Crippen LogP contribution in [0.1, 0.15) is 37.7 Å². The van der Waals surface area contributed by atoms with Crippen LogP contribution in [0.2, 0.25) is 5.02 Å². The first-order chi connectivity index (χ1) is 11.0. The summed E-state index contributed by atoms with van der Waals surface area (Å²) < 4.78 is 0. The summed E-state index contributed by atoms with van der Waals surface area (Å²) in [6.45, 7) is 1.91. The van der Waals surface area contributed by atoms with Gasteiger partial charge in [-0.3, -0.25) is 9.59 Å². The summed E-state index contributed by atoms with van der Waals surface area (Å²) in [6.07, 6.45) is 4.52. The first kappa shape index (κ1) is 16.3.